The van der Waals surface area contributed by atoms with Gasteiger partial charge < -0.3 is 15.7 Å². The Morgan fingerprint density at radius 3 is 2.93 bits per heavy atom. The lowest BCUT2D eigenvalue weighted by molar-refractivity contribution is 0.111. The van der Waals surface area contributed by atoms with Crippen molar-refractivity contribution in [2.24, 2.45) is 4.99 Å². The average Bonchev–Trinajstić information content (AvgIpc) is 2.72. The first-order valence-corrected chi connectivity index (χ1v) is 12.0. The topological polar surface area (TPSA) is 59.9 Å². The van der Waals surface area contributed by atoms with Gasteiger partial charge in [-0.15, -0.1) is 0 Å². The molecule has 0 aromatic heterocycles. The van der Waals surface area contributed by atoms with Crippen LogP contribution < -0.4 is 10.6 Å². The lowest BCUT2D eigenvalue weighted by Crippen LogP contribution is -2.46. The third-order valence-electron chi connectivity index (χ3n) is 5.78. The molecule has 0 radical (unpaired) electrons. The van der Waals surface area contributed by atoms with Crippen LogP contribution in [0.25, 0.3) is 0 Å². The Hall–Kier alpha value is -1.24. The van der Waals surface area contributed by atoms with Crippen molar-refractivity contribution in [3.05, 3.63) is 35.4 Å². The molecule has 2 aliphatic rings. The first-order valence-electron chi connectivity index (χ1n) is 10.7. The summed E-state index contributed by atoms with van der Waals surface area (Å²) in [7, 11) is 0. The number of β-amino-alcohol motifs (C(OH)–C–C–N with tert-alkyl or cyclic N) is 1. The third kappa shape index (κ3) is 6.39. The van der Waals surface area contributed by atoms with Gasteiger partial charge in [0, 0.05) is 37.5 Å². The van der Waals surface area contributed by atoms with Gasteiger partial charge in [0.15, 0.2) is 5.96 Å². The number of nitrogens with zero attached hydrogens (tertiary/aromatic N) is 2. The Morgan fingerprint density at radius 2 is 2.14 bits per heavy atom. The number of thioether (sulfide) groups is 1. The van der Waals surface area contributed by atoms with Gasteiger partial charge in [-0.05, 0) is 50.0 Å². The van der Waals surface area contributed by atoms with Crippen LogP contribution in [-0.4, -0.2) is 65.8 Å². The second-order valence-corrected chi connectivity index (χ2v) is 9.13. The fourth-order valence-electron chi connectivity index (χ4n) is 4.27. The molecule has 1 aromatic rings. The standard InChI is InChI=1S/C22H36N4OS/c1-3-23-22(25-19-9-6-10-21(13-19)28-2)24-14-20(27)16-26-12-11-17-7-4-5-8-18(17)15-26/h4-5,7-8,19-21,27H,3,6,9-16H2,1-2H3,(H2,23,24,25). The van der Waals surface area contributed by atoms with Gasteiger partial charge in [-0.1, -0.05) is 30.7 Å². The number of guanidine groups is 1. The molecule has 0 spiro atoms. The van der Waals surface area contributed by atoms with Crippen molar-refractivity contribution in [1.29, 1.82) is 0 Å². The molecular weight excluding hydrogens is 368 g/mol. The summed E-state index contributed by atoms with van der Waals surface area (Å²) in [5.41, 5.74) is 2.83. The highest BCUT2D eigenvalue weighted by Gasteiger charge is 2.22. The molecule has 0 saturated heterocycles. The molecule has 1 heterocycles. The van der Waals surface area contributed by atoms with Crippen molar-refractivity contribution < 1.29 is 5.11 Å². The van der Waals surface area contributed by atoms with Crippen LogP contribution in [0.2, 0.25) is 0 Å². The molecule has 1 aliphatic heterocycles. The monoisotopic (exact) mass is 404 g/mol. The SMILES string of the molecule is CCNC(=NCC(O)CN1CCc2ccccc2C1)NC1CCCC(SC)C1. The molecule has 3 atom stereocenters. The van der Waals surface area contributed by atoms with Gasteiger partial charge in [-0.3, -0.25) is 9.89 Å². The van der Waals surface area contributed by atoms with E-state index in [2.05, 4.69) is 58.0 Å². The summed E-state index contributed by atoms with van der Waals surface area (Å²) in [5.74, 6) is 0.845. The highest BCUT2D eigenvalue weighted by atomic mass is 32.2. The zero-order chi connectivity index (χ0) is 19.8. The van der Waals surface area contributed by atoms with Crippen LogP contribution in [0.1, 0.15) is 43.7 Å². The Morgan fingerprint density at radius 1 is 1.32 bits per heavy atom. The summed E-state index contributed by atoms with van der Waals surface area (Å²) < 4.78 is 0. The summed E-state index contributed by atoms with van der Waals surface area (Å²) in [6, 6.07) is 9.12. The Balaban J connectivity index is 1.48. The summed E-state index contributed by atoms with van der Waals surface area (Å²) in [5, 5.41) is 18.2. The predicted octanol–water partition coefficient (Wildman–Crippen LogP) is 2.63. The molecule has 3 N–H and O–H groups in total. The second-order valence-electron chi connectivity index (χ2n) is 7.99. The number of nitrogens with one attached hydrogen (secondary N) is 2. The Bertz CT molecular complexity index is 639. The minimum atomic E-state index is -0.439. The molecule has 3 rings (SSSR count). The molecule has 1 saturated carbocycles. The van der Waals surface area contributed by atoms with Gasteiger partial charge in [-0.2, -0.15) is 11.8 Å². The van der Waals surface area contributed by atoms with E-state index >= 15 is 0 Å². The molecule has 1 aromatic carbocycles. The summed E-state index contributed by atoms with van der Waals surface area (Å²) in [4.78, 5) is 7.02. The molecule has 5 nitrogen and oxygen atoms in total. The van der Waals surface area contributed by atoms with Gasteiger partial charge in [0.25, 0.3) is 0 Å². The van der Waals surface area contributed by atoms with Crippen molar-refractivity contribution in [2.45, 2.75) is 63.0 Å². The molecule has 6 heteroatoms. The minimum Gasteiger partial charge on any atom is -0.390 e. The number of fused-ring (bicyclic) bond motifs is 1. The van der Waals surface area contributed by atoms with Crippen LogP contribution in [0.3, 0.4) is 0 Å². The van der Waals surface area contributed by atoms with E-state index in [0.717, 1.165) is 37.3 Å². The average molecular weight is 405 g/mol. The van der Waals surface area contributed by atoms with E-state index in [9.17, 15) is 5.11 Å². The predicted molar refractivity (Wildman–Crippen MR) is 120 cm³/mol. The van der Waals surface area contributed by atoms with Crippen molar-refractivity contribution in [1.82, 2.24) is 15.5 Å². The Kier molecular flexibility index (Phi) is 8.49. The van der Waals surface area contributed by atoms with Crippen molar-refractivity contribution in [3.63, 3.8) is 0 Å². The fourth-order valence-corrected chi connectivity index (χ4v) is 5.09. The molecule has 3 unspecified atom stereocenters. The van der Waals surface area contributed by atoms with Crippen LogP contribution in [0, 0.1) is 0 Å². The minimum absolute atomic E-state index is 0.437. The first-order chi connectivity index (χ1) is 13.7. The summed E-state index contributed by atoms with van der Waals surface area (Å²) in [6.07, 6.45) is 7.84. The van der Waals surface area contributed by atoms with Crippen LogP contribution in [0.4, 0.5) is 0 Å². The molecule has 28 heavy (non-hydrogen) atoms. The maximum absolute atomic E-state index is 10.5. The normalized spacial score (nSPS) is 24.5. The van der Waals surface area contributed by atoms with Crippen molar-refractivity contribution >= 4 is 17.7 Å². The number of benzene rings is 1. The molecule has 156 valence electrons. The van der Waals surface area contributed by atoms with Gasteiger partial charge in [0.2, 0.25) is 0 Å². The lowest BCUT2D eigenvalue weighted by atomic mass is 9.95. The van der Waals surface area contributed by atoms with E-state index in [1.54, 1.807) is 0 Å². The summed E-state index contributed by atoms with van der Waals surface area (Å²) >= 11 is 1.98. The zero-order valence-electron chi connectivity index (χ0n) is 17.4. The number of aliphatic imine (C=N–C) groups is 1. The van der Waals surface area contributed by atoms with E-state index in [0.29, 0.717) is 19.1 Å². The maximum atomic E-state index is 10.5. The van der Waals surface area contributed by atoms with E-state index < -0.39 is 6.10 Å². The van der Waals surface area contributed by atoms with Gasteiger partial charge in [0.05, 0.1) is 12.6 Å². The molecule has 0 bridgehead atoms. The van der Waals surface area contributed by atoms with Gasteiger partial charge in [-0.25, -0.2) is 0 Å². The Labute approximate surface area is 174 Å². The fraction of sp³-hybridized carbons (Fsp3) is 0.682. The van der Waals surface area contributed by atoms with Crippen LogP contribution >= 0.6 is 11.8 Å². The largest absolute Gasteiger partial charge is 0.390 e. The number of aliphatic hydroxyl groups excluding tert-OH is 1. The first kappa shape index (κ1) is 21.5. The van der Waals surface area contributed by atoms with E-state index in [1.165, 1.54) is 36.8 Å². The van der Waals surface area contributed by atoms with Gasteiger partial charge in [0.1, 0.15) is 0 Å². The highest BCUT2D eigenvalue weighted by molar-refractivity contribution is 7.99. The van der Waals surface area contributed by atoms with Gasteiger partial charge >= 0.3 is 0 Å². The molecule has 1 aliphatic carbocycles. The molecule has 0 amide bonds. The van der Waals surface area contributed by atoms with E-state index in [-0.39, 0.29) is 0 Å². The van der Waals surface area contributed by atoms with Crippen molar-refractivity contribution in [3.8, 4) is 0 Å². The van der Waals surface area contributed by atoms with Crippen molar-refractivity contribution in [2.75, 3.05) is 32.4 Å². The zero-order valence-corrected chi connectivity index (χ0v) is 18.2. The van der Waals surface area contributed by atoms with Crippen LogP contribution in [0.15, 0.2) is 29.3 Å². The van der Waals surface area contributed by atoms with Crippen LogP contribution in [-0.2, 0) is 13.0 Å². The highest BCUT2D eigenvalue weighted by Crippen LogP contribution is 2.26. The van der Waals surface area contributed by atoms with E-state index in [4.69, 9.17) is 0 Å². The molecular formula is C22H36N4OS. The third-order valence-corrected chi connectivity index (χ3v) is 6.88. The quantitative estimate of drug-likeness (QED) is 0.482. The summed E-state index contributed by atoms with van der Waals surface area (Å²) in [6.45, 7) is 5.97. The number of aliphatic hydroxyl groups is 1. The molecule has 1 fully saturated rings. The van der Waals surface area contributed by atoms with E-state index in [1.807, 2.05) is 11.8 Å². The number of hydrogen-bond acceptors (Lipinski definition) is 4. The smallest absolute Gasteiger partial charge is 0.191 e. The second kappa shape index (κ2) is 11.1. The van der Waals surface area contributed by atoms with Crippen LogP contribution in [0.5, 0.6) is 0 Å². The maximum Gasteiger partial charge on any atom is 0.191 e. The number of rotatable bonds is 7. The lowest BCUT2D eigenvalue weighted by Gasteiger charge is -2.31. The number of hydrogen-bond donors (Lipinski definition) is 3.